The Labute approximate surface area is 113 Å². The molecule has 1 atom stereocenters. The van der Waals surface area contributed by atoms with Gasteiger partial charge in [-0.1, -0.05) is 20.8 Å². The van der Waals surface area contributed by atoms with Gasteiger partial charge in [0.1, 0.15) is 0 Å². The van der Waals surface area contributed by atoms with Crippen molar-refractivity contribution in [3.63, 3.8) is 0 Å². The fourth-order valence-electron chi connectivity index (χ4n) is 1.94. The van der Waals surface area contributed by atoms with E-state index in [-0.39, 0.29) is 24.9 Å². The molecule has 0 aliphatic carbocycles. The summed E-state index contributed by atoms with van der Waals surface area (Å²) >= 11 is 0. The standard InChI is InChI=1S/C13H22N2O4/c1-13(2,3)12(19)14-7-10(16)15-6-4-5-9(8-15)11(17)18/h9H,4-8H2,1-3H3,(H,14,19)(H,17,18). The van der Waals surface area contributed by atoms with Gasteiger partial charge in [-0.3, -0.25) is 14.4 Å². The van der Waals surface area contributed by atoms with Crippen LogP contribution in [0, 0.1) is 11.3 Å². The summed E-state index contributed by atoms with van der Waals surface area (Å²) in [6, 6.07) is 0. The minimum Gasteiger partial charge on any atom is -0.481 e. The molecule has 19 heavy (non-hydrogen) atoms. The highest BCUT2D eigenvalue weighted by molar-refractivity contribution is 5.87. The molecule has 0 aromatic heterocycles. The highest BCUT2D eigenvalue weighted by Gasteiger charge is 2.29. The SMILES string of the molecule is CC(C)(C)C(=O)NCC(=O)N1CCCC(C(=O)O)C1. The number of nitrogens with one attached hydrogen (secondary N) is 1. The molecule has 1 heterocycles. The lowest BCUT2D eigenvalue weighted by molar-refractivity contribution is -0.146. The van der Waals surface area contributed by atoms with E-state index in [1.165, 1.54) is 4.90 Å². The molecule has 2 N–H and O–H groups in total. The maximum absolute atomic E-state index is 11.9. The van der Waals surface area contributed by atoms with Crippen molar-refractivity contribution in [1.82, 2.24) is 10.2 Å². The lowest BCUT2D eigenvalue weighted by atomic mass is 9.95. The number of carbonyl (C=O) groups is 3. The summed E-state index contributed by atoms with van der Waals surface area (Å²) < 4.78 is 0. The van der Waals surface area contributed by atoms with Gasteiger partial charge >= 0.3 is 5.97 Å². The van der Waals surface area contributed by atoms with Gasteiger partial charge in [-0.25, -0.2) is 0 Å². The predicted molar refractivity (Wildman–Crippen MR) is 69.4 cm³/mol. The Morgan fingerprint density at radius 2 is 1.95 bits per heavy atom. The van der Waals surface area contributed by atoms with Gasteiger partial charge in [0.2, 0.25) is 11.8 Å². The van der Waals surface area contributed by atoms with E-state index in [0.29, 0.717) is 19.4 Å². The monoisotopic (exact) mass is 270 g/mol. The lowest BCUT2D eigenvalue weighted by Gasteiger charge is -2.31. The normalized spacial score (nSPS) is 19.9. The number of nitrogens with zero attached hydrogens (tertiary/aromatic N) is 1. The molecule has 0 spiro atoms. The Kier molecular flexibility index (Phi) is 4.91. The van der Waals surface area contributed by atoms with Gasteiger partial charge in [0.15, 0.2) is 0 Å². The number of carboxylic acids is 1. The molecule has 1 unspecified atom stereocenters. The van der Waals surface area contributed by atoms with E-state index in [9.17, 15) is 14.4 Å². The van der Waals surface area contributed by atoms with Crippen molar-refractivity contribution in [2.24, 2.45) is 11.3 Å². The van der Waals surface area contributed by atoms with Crippen LogP contribution in [-0.2, 0) is 14.4 Å². The molecule has 0 saturated carbocycles. The smallest absolute Gasteiger partial charge is 0.308 e. The van der Waals surface area contributed by atoms with Gasteiger partial charge in [-0.15, -0.1) is 0 Å². The maximum atomic E-state index is 11.9. The number of carboxylic acid groups (broad SMARTS) is 1. The van der Waals surface area contributed by atoms with Crippen LogP contribution in [-0.4, -0.2) is 47.4 Å². The number of rotatable bonds is 3. The Morgan fingerprint density at radius 3 is 2.47 bits per heavy atom. The summed E-state index contributed by atoms with van der Waals surface area (Å²) in [5.41, 5.74) is -0.536. The molecule has 1 aliphatic heterocycles. The molecular weight excluding hydrogens is 248 g/mol. The molecule has 6 heteroatoms. The van der Waals surface area contributed by atoms with E-state index in [4.69, 9.17) is 5.11 Å². The third-order valence-electron chi connectivity index (χ3n) is 3.20. The van der Waals surface area contributed by atoms with Gasteiger partial charge in [-0.2, -0.15) is 0 Å². The first-order chi connectivity index (χ1) is 8.71. The summed E-state index contributed by atoms with van der Waals surface area (Å²) in [4.78, 5) is 36.0. The van der Waals surface area contributed by atoms with E-state index in [0.717, 1.165) is 0 Å². The molecule has 2 amide bonds. The molecule has 0 aromatic carbocycles. The first-order valence-electron chi connectivity index (χ1n) is 6.50. The predicted octanol–water partition coefficient (Wildman–Crippen LogP) is 0.472. The zero-order valence-corrected chi connectivity index (χ0v) is 11.7. The molecule has 0 aromatic rings. The maximum Gasteiger partial charge on any atom is 0.308 e. The van der Waals surface area contributed by atoms with Gasteiger partial charge < -0.3 is 15.3 Å². The Bertz CT molecular complexity index is 373. The summed E-state index contributed by atoms with van der Waals surface area (Å²) in [6.07, 6.45) is 1.30. The number of carbonyl (C=O) groups excluding carboxylic acids is 2. The van der Waals surface area contributed by atoms with E-state index in [1.54, 1.807) is 20.8 Å². The molecule has 1 aliphatic rings. The van der Waals surface area contributed by atoms with Crippen LogP contribution in [0.1, 0.15) is 33.6 Å². The number of likely N-dealkylation sites (tertiary alicyclic amines) is 1. The van der Waals surface area contributed by atoms with Crippen molar-refractivity contribution < 1.29 is 19.5 Å². The second kappa shape index (κ2) is 6.04. The molecule has 108 valence electrons. The number of hydrogen-bond acceptors (Lipinski definition) is 3. The van der Waals surface area contributed by atoms with Crippen molar-refractivity contribution in [3.8, 4) is 0 Å². The largest absolute Gasteiger partial charge is 0.481 e. The third-order valence-corrected chi connectivity index (χ3v) is 3.20. The fourth-order valence-corrected chi connectivity index (χ4v) is 1.94. The summed E-state index contributed by atoms with van der Waals surface area (Å²) in [5.74, 6) is -1.76. The van der Waals surface area contributed by atoms with E-state index >= 15 is 0 Å². The molecular formula is C13H22N2O4. The van der Waals surface area contributed by atoms with Crippen LogP contribution >= 0.6 is 0 Å². The second-order valence-electron chi connectivity index (χ2n) is 5.95. The number of piperidine rings is 1. The summed E-state index contributed by atoms with van der Waals surface area (Å²) in [5, 5.41) is 11.5. The van der Waals surface area contributed by atoms with Crippen LogP contribution in [0.15, 0.2) is 0 Å². The minimum absolute atomic E-state index is 0.0670. The van der Waals surface area contributed by atoms with Gasteiger partial charge in [0.05, 0.1) is 12.5 Å². The van der Waals surface area contributed by atoms with Crippen molar-refractivity contribution in [2.75, 3.05) is 19.6 Å². The van der Waals surface area contributed by atoms with Crippen LogP contribution in [0.3, 0.4) is 0 Å². The van der Waals surface area contributed by atoms with Crippen molar-refractivity contribution >= 4 is 17.8 Å². The third kappa shape index (κ3) is 4.54. The molecule has 1 fully saturated rings. The zero-order valence-electron chi connectivity index (χ0n) is 11.7. The lowest BCUT2D eigenvalue weighted by Crippen LogP contribution is -2.47. The number of aliphatic carboxylic acids is 1. The van der Waals surface area contributed by atoms with Crippen LogP contribution in [0.5, 0.6) is 0 Å². The average Bonchev–Trinajstić information content (AvgIpc) is 2.34. The van der Waals surface area contributed by atoms with Gasteiger partial charge in [0, 0.05) is 18.5 Å². The summed E-state index contributed by atoms with van der Waals surface area (Å²) in [6.45, 7) is 6.05. The van der Waals surface area contributed by atoms with E-state index in [1.807, 2.05) is 0 Å². The molecule has 6 nitrogen and oxygen atoms in total. The highest BCUT2D eigenvalue weighted by Crippen LogP contribution is 2.17. The molecule has 1 saturated heterocycles. The van der Waals surface area contributed by atoms with Crippen molar-refractivity contribution in [3.05, 3.63) is 0 Å². The van der Waals surface area contributed by atoms with Crippen LogP contribution in [0.2, 0.25) is 0 Å². The molecule has 0 radical (unpaired) electrons. The second-order valence-corrected chi connectivity index (χ2v) is 5.95. The number of amides is 2. The first kappa shape index (κ1) is 15.5. The van der Waals surface area contributed by atoms with E-state index in [2.05, 4.69) is 5.32 Å². The number of hydrogen-bond donors (Lipinski definition) is 2. The molecule has 1 rings (SSSR count). The Hall–Kier alpha value is -1.59. The van der Waals surface area contributed by atoms with Gasteiger partial charge in [0.25, 0.3) is 0 Å². The Morgan fingerprint density at radius 1 is 1.32 bits per heavy atom. The Balaban J connectivity index is 2.45. The first-order valence-corrected chi connectivity index (χ1v) is 6.50. The quantitative estimate of drug-likeness (QED) is 0.780. The van der Waals surface area contributed by atoms with E-state index < -0.39 is 17.3 Å². The summed E-state index contributed by atoms with van der Waals surface area (Å²) in [7, 11) is 0. The van der Waals surface area contributed by atoms with Crippen LogP contribution in [0.4, 0.5) is 0 Å². The highest BCUT2D eigenvalue weighted by atomic mass is 16.4. The zero-order chi connectivity index (χ0) is 14.6. The van der Waals surface area contributed by atoms with Gasteiger partial charge in [-0.05, 0) is 12.8 Å². The average molecular weight is 270 g/mol. The molecule has 0 bridgehead atoms. The fraction of sp³-hybridized carbons (Fsp3) is 0.769. The van der Waals surface area contributed by atoms with Crippen LogP contribution in [0.25, 0.3) is 0 Å². The van der Waals surface area contributed by atoms with Crippen molar-refractivity contribution in [2.45, 2.75) is 33.6 Å². The van der Waals surface area contributed by atoms with Crippen molar-refractivity contribution in [1.29, 1.82) is 0 Å². The minimum atomic E-state index is -0.865. The van der Waals surface area contributed by atoms with Crippen LogP contribution < -0.4 is 5.32 Å². The topological polar surface area (TPSA) is 86.7 Å².